The zero-order valence-electron chi connectivity index (χ0n) is 12.9. The molecule has 0 spiro atoms. The van der Waals surface area contributed by atoms with Crippen LogP contribution in [0.2, 0.25) is 0 Å². The van der Waals surface area contributed by atoms with Crippen LogP contribution in [0, 0.1) is 5.92 Å². The van der Waals surface area contributed by atoms with Crippen LogP contribution >= 0.6 is 0 Å². The lowest BCUT2D eigenvalue weighted by Crippen LogP contribution is -2.50. The van der Waals surface area contributed by atoms with Gasteiger partial charge in [-0.05, 0) is 25.8 Å². The highest BCUT2D eigenvalue weighted by Crippen LogP contribution is 2.31. The van der Waals surface area contributed by atoms with Gasteiger partial charge in [-0.15, -0.1) is 0 Å². The standard InChI is InChI=1S/C15H22N6O/c1-3-13-14(6-7-17-21(13)18-16-2)19-8-10-20(11-9-19)15(22)12-4-5-12/h3,6-7,12,18H,2,4-5,8-11H2,1H3/b13-3-. The summed E-state index contributed by atoms with van der Waals surface area (Å²) in [5, 5.41) is 9.49. The molecule has 0 aromatic carbocycles. The van der Waals surface area contributed by atoms with Crippen molar-refractivity contribution in [2.24, 2.45) is 16.1 Å². The maximum Gasteiger partial charge on any atom is 0.225 e. The first kappa shape index (κ1) is 14.6. The van der Waals surface area contributed by atoms with E-state index in [4.69, 9.17) is 0 Å². The Bertz CT molecular complexity index is 540. The minimum Gasteiger partial charge on any atom is -0.366 e. The Morgan fingerprint density at radius 2 is 2.14 bits per heavy atom. The van der Waals surface area contributed by atoms with Gasteiger partial charge in [-0.2, -0.15) is 20.9 Å². The molecule has 7 heteroatoms. The van der Waals surface area contributed by atoms with E-state index in [1.165, 1.54) is 0 Å². The molecule has 1 N–H and O–H groups in total. The second-order valence-corrected chi connectivity index (χ2v) is 5.65. The fraction of sp³-hybridized carbons (Fsp3) is 0.533. The Kier molecular flexibility index (Phi) is 4.13. The number of rotatable bonds is 4. The van der Waals surface area contributed by atoms with Gasteiger partial charge < -0.3 is 9.80 Å². The Balaban J connectivity index is 1.64. The van der Waals surface area contributed by atoms with E-state index in [1.54, 1.807) is 11.3 Å². The highest BCUT2D eigenvalue weighted by Gasteiger charge is 2.35. The molecule has 0 aromatic heterocycles. The molecular formula is C15H22N6O. The van der Waals surface area contributed by atoms with Crippen molar-refractivity contribution in [2.45, 2.75) is 19.8 Å². The first-order chi connectivity index (χ1) is 10.7. The molecule has 0 radical (unpaired) electrons. The summed E-state index contributed by atoms with van der Waals surface area (Å²) >= 11 is 0. The Morgan fingerprint density at radius 3 is 2.73 bits per heavy atom. The SMILES string of the molecule is C=NNN1N=CC=C(N2CCN(C(=O)C3CC3)CC2)/C1=C/C. The summed E-state index contributed by atoms with van der Waals surface area (Å²) in [4.78, 5) is 16.4. The smallest absolute Gasteiger partial charge is 0.225 e. The molecule has 0 bridgehead atoms. The molecule has 7 nitrogen and oxygen atoms in total. The summed E-state index contributed by atoms with van der Waals surface area (Å²) < 4.78 is 0. The van der Waals surface area contributed by atoms with Crippen LogP contribution in [0.3, 0.4) is 0 Å². The average Bonchev–Trinajstić information content (AvgIpc) is 3.39. The number of hydrazine groups is 1. The Labute approximate surface area is 130 Å². The second-order valence-electron chi connectivity index (χ2n) is 5.65. The quantitative estimate of drug-likeness (QED) is 0.615. The van der Waals surface area contributed by atoms with E-state index in [0.717, 1.165) is 50.4 Å². The summed E-state index contributed by atoms with van der Waals surface area (Å²) in [7, 11) is 0. The maximum atomic E-state index is 12.1. The molecule has 22 heavy (non-hydrogen) atoms. The largest absolute Gasteiger partial charge is 0.366 e. The fourth-order valence-corrected chi connectivity index (χ4v) is 2.87. The lowest BCUT2D eigenvalue weighted by Gasteiger charge is -2.39. The van der Waals surface area contributed by atoms with E-state index in [0.29, 0.717) is 11.8 Å². The van der Waals surface area contributed by atoms with Gasteiger partial charge in [0.25, 0.3) is 0 Å². The minimum atomic E-state index is 0.303. The molecule has 0 unspecified atom stereocenters. The number of carbonyl (C=O) groups is 1. The van der Waals surface area contributed by atoms with Gasteiger partial charge in [0, 0.05) is 38.8 Å². The van der Waals surface area contributed by atoms with Gasteiger partial charge in [0.05, 0.1) is 11.9 Å². The molecule has 118 valence electrons. The summed E-state index contributed by atoms with van der Waals surface area (Å²) in [6.45, 7) is 8.65. The van der Waals surface area contributed by atoms with Crippen molar-refractivity contribution in [1.82, 2.24) is 20.5 Å². The van der Waals surface area contributed by atoms with Gasteiger partial charge in [0.2, 0.25) is 5.91 Å². The summed E-state index contributed by atoms with van der Waals surface area (Å²) in [6, 6.07) is 0. The van der Waals surface area contributed by atoms with Crippen molar-refractivity contribution in [3.05, 3.63) is 23.5 Å². The van der Waals surface area contributed by atoms with E-state index in [-0.39, 0.29) is 0 Å². The molecule has 2 fully saturated rings. The molecule has 1 amide bonds. The first-order valence-corrected chi connectivity index (χ1v) is 7.70. The van der Waals surface area contributed by atoms with Gasteiger partial charge in [0.1, 0.15) is 5.70 Å². The number of hydrogen-bond donors (Lipinski definition) is 1. The van der Waals surface area contributed by atoms with Crippen molar-refractivity contribution in [3.63, 3.8) is 0 Å². The highest BCUT2D eigenvalue weighted by atomic mass is 16.2. The van der Waals surface area contributed by atoms with Crippen LogP contribution < -0.4 is 5.53 Å². The number of amides is 1. The van der Waals surface area contributed by atoms with E-state index in [9.17, 15) is 4.79 Å². The number of carbonyl (C=O) groups excluding carboxylic acids is 1. The van der Waals surface area contributed by atoms with Crippen LogP contribution in [-0.4, -0.2) is 59.9 Å². The molecule has 3 rings (SSSR count). The number of hydrogen-bond acceptors (Lipinski definition) is 6. The van der Waals surface area contributed by atoms with Crippen LogP contribution in [0.4, 0.5) is 0 Å². The van der Waals surface area contributed by atoms with Crippen molar-refractivity contribution < 1.29 is 4.79 Å². The fourth-order valence-electron chi connectivity index (χ4n) is 2.87. The number of hydrazone groups is 2. The molecule has 0 aromatic rings. The molecule has 3 aliphatic rings. The van der Waals surface area contributed by atoms with Crippen molar-refractivity contribution in [3.8, 4) is 0 Å². The predicted octanol–water partition coefficient (Wildman–Crippen LogP) is 0.750. The van der Waals surface area contributed by atoms with Gasteiger partial charge in [-0.25, -0.2) is 0 Å². The van der Waals surface area contributed by atoms with E-state index < -0.39 is 0 Å². The van der Waals surface area contributed by atoms with Crippen LogP contribution in [0.25, 0.3) is 0 Å². The van der Waals surface area contributed by atoms with Crippen molar-refractivity contribution in [2.75, 3.05) is 26.2 Å². The maximum absolute atomic E-state index is 12.1. The Hall–Kier alpha value is -2.31. The van der Waals surface area contributed by atoms with Gasteiger partial charge in [-0.1, -0.05) is 6.08 Å². The van der Waals surface area contributed by atoms with Gasteiger partial charge >= 0.3 is 0 Å². The highest BCUT2D eigenvalue weighted by molar-refractivity contribution is 5.81. The summed E-state index contributed by atoms with van der Waals surface area (Å²) in [6.07, 6.45) is 7.86. The van der Waals surface area contributed by atoms with Crippen molar-refractivity contribution >= 4 is 18.8 Å². The predicted molar refractivity (Wildman–Crippen MR) is 85.7 cm³/mol. The molecule has 2 aliphatic heterocycles. The normalized spacial score (nSPS) is 23.6. The second kappa shape index (κ2) is 6.21. The number of allylic oxidation sites excluding steroid dienone is 2. The Morgan fingerprint density at radius 1 is 1.41 bits per heavy atom. The third-order valence-electron chi connectivity index (χ3n) is 4.20. The molecule has 1 saturated heterocycles. The molecule has 1 aliphatic carbocycles. The average molecular weight is 302 g/mol. The van der Waals surface area contributed by atoms with E-state index in [2.05, 4.69) is 27.4 Å². The molecule has 0 atom stereocenters. The van der Waals surface area contributed by atoms with Crippen molar-refractivity contribution in [1.29, 1.82) is 0 Å². The van der Waals surface area contributed by atoms with Crippen LogP contribution in [0.5, 0.6) is 0 Å². The monoisotopic (exact) mass is 302 g/mol. The minimum absolute atomic E-state index is 0.303. The van der Waals surface area contributed by atoms with E-state index in [1.807, 2.05) is 24.0 Å². The zero-order valence-corrected chi connectivity index (χ0v) is 12.9. The van der Waals surface area contributed by atoms with Crippen LogP contribution in [-0.2, 0) is 4.79 Å². The molecular weight excluding hydrogens is 280 g/mol. The zero-order chi connectivity index (χ0) is 15.5. The third-order valence-corrected chi connectivity index (χ3v) is 4.20. The van der Waals surface area contributed by atoms with Gasteiger partial charge in [0.15, 0.2) is 0 Å². The third kappa shape index (κ3) is 2.84. The number of nitrogens with zero attached hydrogens (tertiary/aromatic N) is 5. The summed E-state index contributed by atoms with van der Waals surface area (Å²) in [5.41, 5.74) is 4.79. The first-order valence-electron chi connectivity index (χ1n) is 7.70. The lowest BCUT2D eigenvalue weighted by atomic mass is 10.2. The van der Waals surface area contributed by atoms with Gasteiger partial charge in [-0.3, -0.25) is 4.79 Å². The van der Waals surface area contributed by atoms with Crippen LogP contribution in [0.15, 0.2) is 33.7 Å². The number of nitrogens with one attached hydrogen (secondary N) is 1. The molecule has 1 saturated carbocycles. The van der Waals surface area contributed by atoms with Crippen LogP contribution in [0.1, 0.15) is 19.8 Å². The number of piperazine rings is 1. The molecule has 2 heterocycles. The lowest BCUT2D eigenvalue weighted by molar-refractivity contribution is -0.134. The summed E-state index contributed by atoms with van der Waals surface area (Å²) in [5.74, 6) is 0.640. The van der Waals surface area contributed by atoms with E-state index >= 15 is 0 Å². The topological polar surface area (TPSA) is 63.5 Å².